The lowest BCUT2D eigenvalue weighted by Gasteiger charge is -2.14. The number of nitrogens with one attached hydrogen (secondary N) is 1. The number of pyridine rings is 1. The van der Waals surface area contributed by atoms with Crippen LogP contribution in [0.4, 0.5) is 5.82 Å². The van der Waals surface area contributed by atoms with Gasteiger partial charge in [0.05, 0.1) is 17.0 Å². The van der Waals surface area contributed by atoms with Crippen molar-refractivity contribution in [3.8, 4) is 0 Å². The van der Waals surface area contributed by atoms with Crippen LogP contribution in [0.15, 0.2) is 30.3 Å². The van der Waals surface area contributed by atoms with Crippen LogP contribution in [0.2, 0.25) is 0 Å². The number of carboxylic acids is 1. The van der Waals surface area contributed by atoms with E-state index < -0.39 is 15.8 Å². The number of nitrogens with zero attached hydrogens (tertiary/aromatic N) is 1. The molecule has 6 nitrogen and oxygen atoms in total. The van der Waals surface area contributed by atoms with Crippen LogP contribution in [0.25, 0.3) is 10.9 Å². The summed E-state index contributed by atoms with van der Waals surface area (Å²) in [6.45, 7) is 0. The van der Waals surface area contributed by atoms with E-state index in [0.29, 0.717) is 11.9 Å². The second kappa shape index (κ2) is 5.00. The predicted molar refractivity (Wildman–Crippen MR) is 79.4 cm³/mol. The monoisotopic (exact) mass is 306 g/mol. The fourth-order valence-electron chi connectivity index (χ4n) is 2.49. The topological polar surface area (TPSA) is 96.4 Å². The number of anilines is 1. The third-order valence-electron chi connectivity index (χ3n) is 3.53. The molecule has 0 radical (unpaired) electrons. The first kappa shape index (κ1) is 13.8. The van der Waals surface area contributed by atoms with Gasteiger partial charge in [-0.2, -0.15) is 0 Å². The van der Waals surface area contributed by atoms with Gasteiger partial charge < -0.3 is 10.4 Å². The number of hydrogen-bond acceptors (Lipinski definition) is 5. The van der Waals surface area contributed by atoms with Crippen molar-refractivity contribution in [1.82, 2.24) is 4.98 Å². The Kier molecular flexibility index (Phi) is 3.29. The molecule has 2 N–H and O–H groups in total. The largest absolute Gasteiger partial charge is 0.478 e. The third kappa shape index (κ3) is 2.82. The fraction of sp³-hybridized carbons (Fsp3) is 0.286. The molecule has 1 fully saturated rings. The molecular weight excluding hydrogens is 292 g/mol. The van der Waals surface area contributed by atoms with Crippen LogP contribution in [0.1, 0.15) is 16.8 Å². The first-order valence-corrected chi connectivity index (χ1v) is 8.37. The molecule has 1 aromatic carbocycles. The Morgan fingerprint density at radius 1 is 1.33 bits per heavy atom. The zero-order valence-electron chi connectivity index (χ0n) is 11.1. The number of para-hydroxylation sites is 1. The number of benzene rings is 1. The normalized spacial score (nSPS) is 20.5. The number of carboxylic acid groups (broad SMARTS) is 1. The molecule has 0 amide bonds. The Morgan fingerprint density at radius 3 is 2.76 bits per heavy atom. The van der Waals surface area contributed by atoms with Gasteiger partial charge in [0, 0.05) is 11.4 Å². The predicted octanol–water partition coefficient (Wildman–Crippen LogP) is 1.53. The fourth-order valence-corrected chi connectivity index (χ4v) is 4.16. The van der Waals surface area contributed by atoms with E-state index in [2.05, 4.69) is 10.3 Å². The van der Waals surface area contributed by atoms with Gasteiger partial charge in [-0.3, -0.25) is 0 Å². The van der Waals surface area contributed by atoms with Gasteiger partial charge in [0.15, 0.2) is 9.84 Å². The molecule has 21 heavy (non-hydrogen) atoms. The minimum Gasteiger partial charge on any atom is -0.478 e. The van der Waals surface area contributed by atoms with Crippen molar-refractivity contribution in [3.63, 3.8) is 0 Å². The Labute approximate surface area is 121 Å². The Morgan fingerprint density at radius 2 is 2.10 bits per heavy atom. The number of rotatable bonds is 3. The molecular formula is C14H14N2O4S. The number of aromatic nitrogens is 1. The summed E-state index contributed by atoms with van der Waals surface area (Å²) in [7, 11) is -3.03. The summed E-state index contributed by atoms with van der Waals surface area (Å²) in [5.41, 5.74) is 0.726. The summed E-state index contributed by atoms with van der Waals surface area (Å²) >= 11 is 0. The molecule has 0 aliphatic carbocycles. The molecule has 110 valence electrons. The second-order valence-electron chi connectivity index (χ2n) is 5.13. The van der Waals surface area contributed by atoms with E-state index in [9.17, 15) is 18.3 Å². The van der Waals surface area contributed by atoms with Gasteiger partial charge in [-0.25, -0.2) is 18.2 Å². The lowest BCUT2D eigenvalue weighted by Crippen LogP contribution is -2.23. The first-order chi connectivity index (χ1) is 9.94. The summed E-state index contributed by atoms with van der Waals surface area (Å²) in [5.74, 6) is -0.721. The van der Waals surface area contributed by atoms with Crippen molar-refractivity contribution in [2.75, 3.05) is 16.8 Å². The first-order valence-electron chi connectivity index (χ1n) is 6.55. The molecule has 1 atom stereocenters. The van der Waals surface area contributed by atoms with Gasteiger partial charge in [-0.1, -0.05) is 18.2 Å². The molecule has 1 aliphatic rings. The zero-order chi connectivity index (χ0) is 15.0. The molecule has 7 heteroatoms. The average molecular weight is 306 g/mol. The standard InChI is InChI=1S/C14H14N2O4S/c17-14(18)11-7-9-3-1-2-4-12(9)16-13(11)15-10-5-6-21(19,20)8-10/h1-4,7,10H,5-6,8H2,(H,15,16)(H,17,18). The Balaban J connectivity index is 2.00. The molecule has 0 spiro atoms. The van der Waals surface area contributed by atoms with Crippen LogP contribution < -0.4 is 5.32 Å². The molecule has 1 aliphatic heterocycles. The number of aromatic carboxylic acids is 1. The Bertz CT molecular complexity index is 817. The smallest absolute Gasteiger partial charge is 0.339 e. The SMILES string of the molecule is O=C(O)c1cc2ccccc2nc1NC1CCS(=O)(=O)C1. The van der Waals surface area contributed by atoms with Gasteiger partial charge in [0.2, 0.25) is 0 Å². The van der Waals surface area contributed by atoms with E-state index in [0.717, 1.165) is 5.39 Å². The zero-order valence-corrected chi connectivity index (χ0v) is 11.9. The van der Waals surface area contributed by atoms with E-state index in [-0.39, 0.29) is 28.9 Å². The van der Waals surface area contributed by atoms with Gasteiger partial charge in [-0.05, 0) is 18.6 Å². The maximum Gasteiger partial charge on any atom is 0.339 e. The van der Waals surface area contributed by atoms with Crippen molar-refractivity contribution < 1.29 is 18.3 Å². The van der Waals surface area contributed by atoms with Crippen molar-refractivity contribution in [2.45, 2.75) is 12.5 Å². The quantitative estimate of drug-likeness (QED) is 0.892. The summed E-state index contributed by atoms with van der Waals surface area (Å²) in [5, 5.41) is 13.0. The lowest BCUT2D eigenvalue weighted by molar-refractivity contribution is 0.0697. The highest BCUT2D eigenvalue weighted by Crippen LogP contribution is 2.23. The molecule has 1 aromatic heterocycles. The van der Waals surface area contributed by atoms with E-state index in [1.54, 1.807) is 18.2 Å². The highest BCUT2D eigenvalue weighted by molar-refractivity contribution is 7.91. The third-order valence-corrected chi connectivity index (χ3v) is 5.30. The summed E-state index contributed by atoms with van der Waals surface area (Å²) in [6.07, 6.45) is 0.468. The number of hydrogen-bond donors (Lipinski definition) is 2. The number of sulfone groups is 1. The van der Waals surface area contributed by atoms with E-state index in [4.69, 9.17) is 0 Å². The van der Waals surface area contributed by atoms with Gasteiger partial charge >= 0.3 is 5.97 Å². The lowest BCUT2D eigenvalue weighted by atomic mass is 10.1. The van der Waals surface area contributed by atoms with Crippen molar-refractivity contribution in [2.24, 2.45) is 0 Å². The van der Waals surface area contributed by atoms with Crippen LogP contribution in [0, 0.1) is 0 Å². The Hall–Kier alpha value is -2.15. The molecule has 2 aromatic rings. The van der Waals surface area contributed by atoms with E-state index >= 15 is 0 Å². The molecule has 2 heterocycles. The highest BCUT2D eigenvalue weighted by Gasteiger charge is 2.29. The minimum atomic E-state index is -3.03. The van der Waals surface area contributed by atoms with Crippen LogP contribution >= 0.6 is 0 Å². The average Bonchev–Trinajstić information content (AvgIpc) is 2.77. The minimum absolute atomic E-state index is 0.0145. The highest BCUT2D eigenvalue weighted by atomic mass is 32.2. The van der Waals surface area contributed by atoms with Crippen molar-refractivity contribution in [1.29, 1.82) is 0 Å². The maximum absolute atomic E-state index is 11.5. The maximum atomic E-state index is 11.5. The van der Waals surface area contributed by atoms with Gasteiger partial charge in [-0.15, -0.1) is 0 Å². The van der Waals surface area contributed by atoms with Crippen LogP contribution in [-0.2, 0) is 9.84 Å². The van der Waals surface area contributed by atoms with Gasteiger partial charge in [0.25, 0.3) is 0 Å². The van der Waals surface area contributed by atoms with Crippen LogP contribution in [-0.4, -0.2) is 42.0 Å². The molecule has 0 saturated carbocycles. The number of carbonyl (C=O) groups is 1. The molecule has 0 bridgehead atoms. The van der Waals surface area contributed by atoms with E-state index in [1.165, 1.54) is 0 Å². The number of fused-ring (bicyclic) bond motifs is 1. The van der Waals surface area contributed by atoms with Crippen molar-refractivity contribution >= 4 is 32.5 Å². The van der Waals surface area contributed by atoms with Crippen molar-refractivity contribution in [3.05, 3.63) is 35.9 Å². The van der Waals surface area contributed by atoms with Crippen LogP contribution in [0.5, 0.6) is 0 Å². The molecule has 3 rings (SSSR count). The van der Waals surface area contributed by atoms with Gasteiger partial charge in [0.1, 0.15) is 11.4 Å². The van der Waals surface area contributed by atoms with Crippen LogP contribution in [0.3, 0.4) is 0 Å². The molecule has 1 unspecified atom stereocenters. The summed E-state index contributed by atoms with van der Waals surface area (Å²) in [6, 6.07) is 8.47. The second-order valence-corrected chi connectivity index (χ2v) is 7.36. The molecule has 1 saturated heterocycles. The summed E-state index contributed by atoms with van der Waals surface area (Å²) < 4.78 is 23.0. The van der Waals surface area contributed by atoms with E-state index in [1.807, 2.05) is 12.1 Å². The summed E-state index contributed by atoms with van der Waals surface area (Å²) in [4.78, 5) is 15.7.